The standard InChI is InChI=1S/C14H22N4/c1-10(2)18-13(7-6-11(3)9-15)17-12-5-4-8-16-14(12)18/h4-5,8,10-11H,6-7,9,15H2,1-3H3. The van der Waals surface area contributed by atoms with Crippen molar-refractivity contribution in [3.8, 4) is 0 Å². The lowest BCUT2D eigenvalue weighted by Crippen LogP contribution is -2.13. The summed E-state index contributed by atoms with van der Waals surface area (Å²) in [6, 6.07) is 4.34. The van der Waals surface area contributed by atoms with Crippen molar-refractivity contribution in [1.29, 1.82) is 0 Å². The monoisotopic (exact) mass is 246 g/mol. The first-order valence-electron chi connectivity index (χ1n) is 6.65. The fourth-order valence-corrected chi connectivity index (χ4v) is 2.19. The van der Waals surface area contributed by atoms with Crippen LogP contribution in [0.1, 0.15) is 39.1 Å². The fourth-order valence-electron chi connectivity index (χ4n) is 2.19. The van der Waals surface area contributed by atoms with E-state index in [4.69, 9.17) is 10.7 Å². The average Bonchev–Trinajstić information content (AvgIpc) is 2.74. The van der Waals surface area contributed by atoms with Crippen molar-refractivity contribution >= 4 is 11.2 Å². The molecule has 0 aromatic carbocycles. The highest BCUT2D eigenvalue weighted by molar-refractivity contribution is 5.71. The van der Waals surface area contributed by atoms with Gasteiger partial charge in [-0.2, -0.15) is 0 Å². The first-order valence-corrected chi connectivity index (χ1v) is 6.65. The van der Waals surface area contributed by atoms with E-state index in [0.29, 0.717) is 12.0 Å². The number of imidazole rings is 1. The van der Waals surface area contributed by atoms with E-state index in [1.54, 1.807) is 0 Å². The highest BCUT2D eigenvalue weighted by atomic mass is 15.1. The van der Waals surface area contributed by atoms with Crippen LogP contribution in [0, 0.1) is 5.92 Å². The topological polar surface area (TPSA) is 56.7 Å². The summed E-state index contributed by atoms with van der Waals surface area (Å²) in [5, 5.41) is 0. The molecular weight excluding hydrogens is 224 g/mol. The predicted molar refractivity (Wildman–Crippen MR) is 74.5 cm³/mol. The van der Waals surface area contributed by atoms with E-state index in [9.17, 15) is 0 Å². The molecule has 1 unspecified atom stereocenters. The second kappa shape index (κ2) is 5.48. The minimum absolute atomic E-state index is 0.382. The molecule has 4 nitrogen and oxygen atoms in total. The molecule has 0 amide bonds. The van der Waals surface area contributed by atoms with Gasteiger partial charge < -0.3 is 10.3 Å². The molecule has 0 bridgehead atoms. The van der Waals surface area contributed by atoms with Crippen LogP contribution in [0.25, 0.3) is 11.2 Å². The smallest absolute Gasteiger partial charge is 0.160 e. The Bertz CT molecular complexity index is 515. The minimum Gasteiger partial charge on any atom is -0.330 e. The maximum atomic E-state index is 5.67. The zero-order valence-electron chi connectivity index (χ0n) is 11.4. The van der Waals surface area contributed by atoms with Crippen LogP contribution < -0.4 is 5.73 Å². The Hall–Kier alpha value is -1.42. The maximum Gasteiger partial charge on any atom is 0.160 e. The summed E-state index contributed by atoms with van der Waals surface area (Å²) in [7, 11) is 0. The first-order chi connectivity index (χ1) is 8.63. The maximum absolute atomic E-state index is 5.67. The number of hydrogen-bond acceptors (Lipinski definition) is 3. The lowest BCUT2D eigenvalue weighted by molar-refractivity contribution is 0.509. The highest BCUT2D eigenvalue weighted by Gasteiger charge is 2.14. The number of nitrogens with two attached hydrogens (primary N) is 1. The number of hydrogen-bond donors (Lipinski definition) is 1. The van der Waals surface area contributed by atoms with Crippen molar-refractivity contribution in [3.63, 3.8) is 0 Å². The Morgan fingerprint density at radius 3 is 2.78 bits per heavy atom. The quantitative estimate of drug-likeness (QED) is 0.882. The van der Waals surface area contributed by atoms with Crippen LogP contribution >= 0.6 is 0 Å². The van der Waals surface area contributed by atoms with Gasteiger partial charge in [0, 0.05) is 18.7 Å². The van der Waals surface area contributed by atoms with Crippen LogP contribution in [0.4, 0.5) is 0 Å². The van der Waals surface area contributed by atoms with Crippen molar-refractivity contribution in [2.24, 2.45) is 11.7 Å². The second-order valence-corrected chi connectivity index (χ2v) is 5.22. The molecule has 1 atom stereocenters. The molecule has 0 saturated heterocycles. The van der Waals surface area contributed by atoms with E-state index < -0.39 is 0 Å². The Kier molecular flexibility index (Phi) is 3.97. The van der Waals surface area contributed by atoms with Crippen molar-refractivity contribution < 1.29 is 0 Å². The van der Waals surface area contributed by atoms with Crippen molar-refractivity contribution in [3.05, 3.63) is 24.2 Å². The molecule has 0 aliphatic rings. The molecule has 0 aliphatic heterocycles. The summed E-state index contributed by atoms with van der Waals surface area (Å²) in [6.45, 7) is 7.26. The molecule has 0 aliphatic carbocycles. The number of nitrogens with zero attached hydrogens (tertiary/aromatic N) is 3. The van der Waals surface area contributed by atoms with Gasteiger partial charge in [0.15, 0.2) is 5.65 Å². The number of rotatable bonds is 5. The molecule has 2 N–H and O–H groups in total. The third-order valence-corrected chi connectivity index (χ3v) is 3.30. The van der Waals surface area contributed by atoms with Gasteiger partial charge in [-0.3, -0.25) is 0 Å². The van der Waals surface area contributed by atoms with E-state index in [-0.39, 0.29) is 0 Å². The van der Waals surface area contributed by atoms with Gasteiger partial charge in [0.1, 0.15) is 11.3 Å². The summed E-state index contributed by atoms with van der Waals surface area (Å²) < 4.78 is 2.23. The largest absolute Gasteiger partial charge is 0.330 e. The van der Waals surface area contributed by atoms with Gasteiger partial charge in [-0.05, 0) is 44.9 Å². The zero-order valence-corrected chi connectivity index (χ0v) is 11.4. The van der Waals surface area contributed by atoms with Crippen LogP contribution in [-0.2, 0) is 6.42 Å². The Morgan fingerprint density at radius 2 is 2.11 bits per heavy atom. The molecule has 0 spiro atoms. The van der Waals surface area contributed by atoms with Gasteiger partial charge in [-0.25, -0.2) is 9.97 Å². The molecule has 0 radical (unpaired) electrons. The van der Waals surface area contributed by atoms with Crippen LogP contribution in [0.2, 0.25) is 0 Å². The van der Waals surface area contributed by atoms with Gasteiger partial charge in [-0.1, -0.05) is 6.92 Å². The predicted octanol–water partition coefficient (Wildman–Crippen LogP) is 2.54. The number of aromatic nitrogens is 3. The lowest BCUT2D eigenvalue weighted by Gasteiger charge is -2.13. The number of aryl methyl sites for hydroxylation is 1. The van der Waals surface area contributed by atoms with E-state index in [1.807, 2.05) is 18.3 Å². The molecule has 0 saturated carbocycles. The van der Waals surface area contributed by atoms with E-state index in [1.165, 1.54) is 0 Å². The molecular formula is C14H22N4. The molecule has 2 aromatic rings. The number of fused-ring (bicyclic) bond motifs is 1. The zero-order chi connectivity index (χ0) is 13.1. The lowest BCUT2D eigenvalue weighted by atomic mass is 10.1. The molecule has 0 fully saturated rings. The second-order valence-electron chi connectivity index (χ2n) is 5.22. The molecule has 2 aromatic heterocycles. The Labute approximate surface area is 108 Å². The van der Waals surface area contributed by atoms with Crippen LogP contribution in [-0.4, -0.2) is 21.1 Å². The first kappa shape index (κ1) is 13.0. The summed E-state index contributed by atoms with van der Waals surface area (Å²) in [5.41, 5.74) is 7.65. The molecule has 2 rings (SSSR count). The minimum atomic E-state index is 0.382. The van der Waals surface area contributed by atoms with Crippen LogP contribution in [0.3, 0.4) is 0 Å². The Balaban J connectivity index is 2.34. The van der Waals surface area contributed by atoms with Gasteiger partial charge in [0.05, 0.1) is 0 Å². The molecule has 2 heterocycles. The van der Waals surface area contributed by atoms with E-state index >= 15 is 0 Å². The summed E-state index contributed by atoms with van der Waals surface area (Å²) >= 11 is 0. The Morgan fingerprint density at radius 1 is 1.33 bits per heavy atom. The average molecular weight is 246 g/mol. The SMILES string of the molecule is CC(CN)CCc1nc2cccnc2n1C(C)C. The van der Waals surface area contributed by atoms with Crippen molar-refractivity contribution in [2.45, 2.75) is 39.7 Å². The molecule has 4 heteroatoms. The fraction of sp³-hybridized carbons (Fsp3) is 0.571. The van der Waals surface area contributed by atoms with Crippen molar-refractivity contribution in [1.82, 2.24) is 14.5 Å². The van der Waals surface area contributed by atoms with Gasteiger partial charge in [0.2, 0.25) is 0 Å². The summed E-state index contributed by atoms with van der Waals surface area (Å²) in [4.78, 5) is 9.15. The van der Waals surface area contributed by atoms with Crippen molar-refractivity contribution in [2.75, 3.05) is 6.54 Å². The molecule has 18 heavy (non-hydrogen) atoms. The van der Waals surface area contributed by atoms with E-state index in [2.05, 4.69) is 30.3 Å². The molecule has 98 valence electrons. The van der Waals surface area contributed by atoms with Gasteiger partial charge in [0.25, 0.3) is 0 Å². The third-order valence-electron chi connectivity index (χ3n) is 3.30. The van der Waals surface area contributed by atoms with Crippen LogP contribution in [0.15, 0.2) is 18.3 Å². The van der Waals surface area contributed by atoms with E-state index in [0.717, 1.165) is 36.4 Å². The van der Waals surface area contributed by atoms with Gasteiger partial charge in [-0.15, -0.1) is 0 Å². The summed E-state index contributed by atoms with van der Waals surface area (Å²) in [6.07, 6.45) is 3.87. The summed E-state index contributed by atoms with van der Waals surface area (Å²) in [5.74, 6) is 1.66. The normalized spacial score (nSPS) is 13.4. The number of pyridine rings is 1. The highest BCUT2D eigenvalue weighted by Crippen LogP contribution is 2.20. The van der Waals surface area contributed by atoms with Gasteiger partial charge >= 0.3 is 0 Å². The van der Waals surface area contributed by atoms with Crippen LogP contribution in [0.5, 0.6) is 0 Å². The third kappa shape index (κ3) is 2.53.